The number of pyridine rings is 1. The smallest absolute Gasteiger partial charge is 0.264 e. The van der Waals surface area contributed by atoms with Crippen LogP contribution in [0.5, 0.6) is 0 Å². The molecule has 0 spiro atoms. The maximum atomic E-state index is 13.3. The van der Waals surface area contributed by atoms with Gasteiger partial charge in [-0.3, -0.25) is 14.6 Å². The van der Waals surface area contributed by atoms with E-state index in [1.807, 2.05) is 30.3 Å². The summed E-state index contributed by atoms with van der Waals surface area (Å²) in [7, 11) is 0. The number of rotatable bonds is 5. The number of Topliss-reactive ketones (excluding diaryl/α,β-unsaturated/α-hetero) is 1. The molecule has 1 N–H and O–H groups in total. The summed E-state index contributed by atoms with van der Waals surface area (Å²) in [5.41, 5.74) is 0.432. The summed E-state index contributed by atoms with van der Waals surface area (Å²) in [6.07, 6.45) is 2.69. The predicted molar refractivity (Wildman–Crippen MR) is 117 cm³/mol. The van der Waals surface area contributed by atoms with E-state index in [4.69, 9.17) is 0 Å². The number of amides is 1. The summed E-state index contributed by atoms with van der Waals surface area (Å²) in [6.45, 7) is 0.298. The third kappa shape index (κ3) is 3.77. The van der Waals surface area contributed by atoms with Crippen LogP contribution < -0.4 is 4.90 Å². The van der Waals surface area contributed by atoms with E-state index in [0.717, 1.165) is 14.5 Å². The lowest BCUT2D eigenvalue weighted by atomic mass is 9.88. The number of aromatic nitrogens is 1. The highest BCUT2D eigenvalue weighted by atomic mass is 79.9. The second-order valence-corrected chi connectivity index (χ2v) is 8.71. The van der Waals surface area contributed by atoms with Crippen molar-refractivity contribution in [1.29, 1.82) is 0 Å². The van der Waals surface area contributed by atoms with Crippen LogP contribution in [0.25, 0.3) is 0 Å². The van der Waals surface area contributed by atoms with Gasteiger partial charge in [-0.1, -0.05) is 44.0 Å². The fourth-order valence-corrected chi connectivity index (χ4v) is 4.12. The molecule has 0 aliphatic carbocycles. The van der Waals surface area contributed by atoms with Gasteiger partial charge in [-0.2, -0.15) is 0 Å². The van der Waals surface area contributed by atoms with Crippen LogP contribution in [0.2, 0.25) is 0 Å². The lowest BCUT2D eigenvalue weighted by Gasteiger charge is -2.23. The molecule has 4 rings (SSSR count). The molecule has 0 saturated carbocycles. The number of nitrogens with zero attached hydrogens (tertiary/aromatic N) is 2. The van der Waals surface area contributed by atoms with E-state index < -0.39 is 11.5 Å². The number of carbonyl (C=O) groups excluding carboxylic acids is 2. The van der Waals surface area contributed by atoms with Crippen LogP contribution in [0, 0.1) is 0 Å². The van der Waals surface area contributed by atoms with Crippen LogP contribution >= 0.6 is 31.9 Å². The Bertz CT molecular complexity index is 1090. The van der Waals surface area contributed by atoms with Crippen LogP contribution in [0.4, 0.5) is 5.69 Å². The molecule has 146 valence electrons. The van der Waals surface area contributed by atoms with Crippen LogP contribution in [0.1, 0.15) is 27.9 Å². The number of anilines is 1. The molecule has 1 atom stereocenters. The largest absolute Gasteiger partial charge is 0.375 e. The monoisotopic (exact) mass is 514 g/mol. The standard InChI is InChI=1S/C22H16Br2N2O3/c23-16-3-1-14(2-4-16)13-26-19-6-5-17(24)11-18(19)22(29,21(26)28)12-20(27)15-7-9-25-10-8-15/h1-11,29H,12-13H2. The molecule has 3 aromatic rings. The van der Waals surface area contributed by atoms with Crippen molar-refractivity contribution < 1.29 is 14.7 Å². The maximum Gasteiger partial charge on any atom is 0.264 e. The maximum absolute atomic E-state index is 13.3. The lowest BCUT2D eigenvalue weighted by molar-refractivity contribution is -0.136. The molecule has 0 radical (unpaired) electrons. The van der Waals surface area contributed by atoms with Gasteiger partial charge < -0.3 is 10.0 Å². The molecule has 1 unspecified atom stereocenters. The fourth-order valence-electron chi connectivity index (χ4n) is 3.50. The number of aliphatic hydroxyl groups is 1. The first-order chi connectivity index (χ1) is 13.9. The van der Waals surface area contributed by atoms with Gasteiger partial charge in [0.15, 0.2) is 11.4 Å². The third-order valence-corrected chi connectivity index (χ3v) is 5.99. The Kier molecular flexibility index (Phi) is 5.38. The first-order valence-corrected chi connectivity index (χ1v) is 10.5. The average molecular weight is 516 g/mol. The molecule has 2 heterocycles. The van der Waals surface area contributed by atoms with E-state index in [9.17, 15) is 14.7 Å². The number of hydrogen-bond acceptors (Lipinski definition) is 4. The van der Waals surface area contributed by atoms with Crippen molar-refractivity contribution in [3.05, 3.63) is 92.6 Å². The predicted octanol–water partition coefficient (Wildman–Crippen LogP) is 4.61. The van der Waals surface area contributed by atoms with Crippen LogP contribution in [0.15, 0.2) is 75.9 Å². The van der Waals surface area contributed by atoms with E-state index >= 15 is 0 Å². The number of fused-ring (bicyclic) bond motifs is 1. The zero-order valence-corrected chi connectivity index (χ0v) is 18.4. The number of carbonyl (C=O) groups is 2. The molecular weight excluding hydrogens is 500 g/mol. The van der Waals surface area contributed by atoms with E-state index in [0.29, 0.717) is 23.4 Å². The first-order valence-electron chi connectivity index (χ1n) is 8.90. The minimum atomic E-state index is -1.92. The number of hydrogen-bond donors (Lipinski definition) is 1. The topological polar surface area (TPSA) is 70.5 Å². The van der Waals surface area contributed by atoms with Crippen molar-refractivity contribution in [2.75, 3.05) is 4.90 Å². The van der Waals surface area contributed by atoms with Crippen LogP contribution in [0.3, 0.4) is 0 Å². The summed E-state index contributed by atoms with van der Waals surface area (Å²) < 4.78 is 1.67. The van der Waals surface area contributed by atoms with Gasteiger partial charge in [-0.25, -0.2) is 0 Å². The first kappa shape index (κ1) is 19.9. The zero-order chi connectivity index (χ0) is 20.6. The normalized spacial score (nSPS) is 18.0. The molecule has 29 heavy (non-hydrogen) atoms. The Morgan fingerprint density at radius 1 is 1.00 bits per heavy atom. The number of benzene rings is 2. The second-order valence-electron chi connectivity index (χ2n) is 6.88. The summed E-state index contributed by atoms with van der Waals surface area (Å²) in [4.78, 5) is 31.5. The lowest BCUT2D eigenvalue weighted by Crippen LogP contribution is -2.41. The van der Waals surface area contributed by atoms with Gasteiger partial charge in [0.05, 0.1) is 18.7 Å². The summed E-state index contributed by atoms with van der Waals surface area (Å²) >= 11 is 6.81. The van der Waals surface area contributed by atoms with Gasteiger partial charge in [-0.05, 0) is 48.0 Å². The molecular formula is C22H16Br2N2O3. The highest BCUT2D eigenvalue weighted by molar-refractivity contribution is 9.10. The third-order valence-electron chi connectivity index (χ3n) is 4.97. The molecule has 1 aliphatic rings. The molecule has 5 nitrogen and oxygen atoms in total. The fraction of sp³-hybridized carbons (Fsp3) is 0.136. The number of halogens is 2. The molecule has 0 bridgehead atoms. The Hall–Kier alpha value is -2.35. The van der Waals surface area contributed by atoms with Gasteiger partial charge in [0.25, 0.3) is 5.91 Å². The average Bonchev–Trinajstić information content (AvgIpc) is 2.92. The van der Waals surface area contributed by atoms with E-state index in [1.54, 1.807) is 24.3 Å². The molecule has 7 heteroatoms. The van der Waals surface area contributed by atoms with E-state index in [2.05, 4.69) is 36.8 Å². The van der Waals surface area contributed by atoms with Crippen molar-refractivity contribution in [2.24, 2.45) is 0 Å². The SMILES string of the molecule is O=C(CC1(O)C(=O)N(Cc2ccc(Br)cc2)c2ccc(Br)cc21)c1ccncc1. The van der Waals surface area contributed by atoms with Gasteiger partial charge >= 0.3 is 0 Å². The van der Waals surface area contributed by atoms with E-state index in [1.165, 1.54) is 17.3 Å². The van der Waals surface area contributed by atoms with Crippen molar-refractivity contribution in [1.82, 2.24) is 4.98 Å². The summed E-state index contributed by atoms with van der Waals surface area (Å²) in [6, 6.07) is 16.1. The molecule has 1 amide bonds. The van der Waals surface area contributed by atoms with Crippen molar-refractivity contribution in [2.45, 2.75) is 18.6 Å². The Morgan fingerprint density at radius 2 is 1.66 bits per heavy atom. The van der Waals surface area contributed by atoms with Gasteiger partial charge in [0.1, 0.15) is 0 Å². The molecule has 0 saturated heterocycles. The minimum Gasteiger partial charge on any atom is -0.375 e. The molecule has 1 aromatic heterocycles. The Labute approximate surface area is 184 Å². The molecule has 2 aromatic carbocycles. The second kappa shape index (κ2) is 7.82. The van der Waals surface area contributed by atoms with Crippen LogP contribution in [-0.4, -0.2) is 21.8 Å². The van der Waals surface area contributed by atoms with Gasteiger partial charge in [0, 0.05) is 32.5 Å². The quantitative estimate of drug-likeness (QED) is 0.503. The summed E-state index contributed by atoms with van der Waals surface area (Å²) in [5.74, 6) is -0.824. The summed E-state index contributed by atoms with van der Waals surface area (Å²) in [5, 5.41) is 11.4. The van der Waals surface area contributed by atoms with Gasteiger partial charge in [-0.15, -0.1) is 0 Å². The Morgan fingerprint density at radius 3 is 2.34 bits per heavy atom. The minimum absolute atomic E-state index is 0.298. The highest BCUT2D eigenvalue weighted by Gasteiger charge is 2.51. The molecule has 0 fully saturated rings. The highest BCUT2D eigenvalue weighted by Crippen LogP contribution is 2.44. The molecule has 1 aliphatic heterocycles. The van der Waals surface area contributed by atoms with Crippen LogP contribution in [-0.2, 0) is 16.9 Å². The van der Waals surface area contributed by atoms with E-state index in [-0.39, 0.29) is 12.2 Å². The Balaban J connectivity index is 1.71. The van der Waals surface area contributed by atoms with Gasteiger partial charge in [0.2, 0.25) is 0 Å². The zero-order valence-electron chi connectivity index (χ0n) is 15.2. The van der Waals surface area contributed by atoms with Crippen molar-refractivity contribution in [3.8, 4) is 0 Å². The number of ketones is 1. The van der Waals surface area contributed by atoms with Crippen molar-refractivity contribution in [3.63, 3.8) is 0 Å². The van der Waals surface area contributed by atoms with Crippen molar-refractivity contribution >= 4 is 49.2 Å².